The summed E-state index contributed by atoms with van der Waals surface area (Å²) in [5.74, 6) is 0. The summed E-state index contributed by atoms with van der Waals surface area (Å²) in [5, 5.41) is 0. The molecule has 1 heterocycles. The van der Waals surface area contributed by atoms with E-state index in [-0.39, 0.29) is 12.3 Å². The first-order valence-corrected chi connectivity index (χ1v) is 6.28. The Labute approximate surface area is 113 Å². The first kappa shape index (κ1) is 15.4. The zero-order valence-electron chi connectivity index (χ0n) is 10.4. The average Bonchev–Trinajstić information content (AvgIpc) is 2.25. The van der Waals surface area contributed by atoms with Crippen molar-refractivity contribution in [1.29, 1.82) is 0 Å². The molecule has 1 aromatic heterocycles. The molecule has 0 fully saturated rings. The van der Waals surface area contributed by atoms with E-state index < -0.39 is 17.2 Å². The molecule has 102 valence electrons. The van der Waals surface area contributed by atoms with Crippen LogP contribution in [0.3, 0.4) is 0 Å². The van der Waals surface area contributed by atoms with Crippen molar-refractivity contribution in [1.82, 2.24) is 4.98 Å². The summed E-state index contributed by atoms with van der Waals surface area (Å²) in [5.41, 5.74) is -1.50. The van der Waals surface area contributed by atoms with Gasteiger partial charge in [-0.25, -0.2) is 0 Å². The summed E-state index contributed by atoms with van der Waals surface area (Å²) in [7, 11) is 0. The number of pyridine rings is 1. The third-order valence-electron chi connectivity index (χ3n) is 2.47. The second-order valence-electron chi connectivity index (χ2n) is 4.57. The molecule has 0 amide bonds. The monoisotopic (exact) mass is 325 g/mol. The quantitative estimate of drug-likeness (QED) is 0.828. The van der Waals surface area contributed by atoms with Crippen molar-refractivity contribution < 1.29 is 17.9 Å². The van der Waals surface area contributed by atoms with Crippen molar-refractivity contribution in [3.8, 4) is 0 Å². The number of alkyl halides is 3. The van der Waals surface area contributed by atoms with E-state index in [1.54, 1.807) is 20.8 Å². The molecule has 0 atom stereocenters. The van der Waals surface area contributed by atoms with E-state index in [0.29, 0.717) is 11.1 Å². The van der Waals surface area contributed by atoms with Gasteiger partial charge in [-0.1, -0.05) is 13.8 Å². The molecule has 18 heavy (non-hydrogen) atoms. The van der Waals surface area contributed by atoms with Crippen molar-refractivity contribution in [2.75, 3.05) is 13.2 Å². The van der Waals surface area contributed by atoms with Gasteiger partial charge in [0, 0.05) is 22.7 Å². The van der Waals surface area contributed by atoms with E-state index in [1.165, 1.54) is 6.20 Å². The van der Waals surface area contributed by atoms with Crippen LogP contribution >= 0.6 is 15.9 Å². The summed E-state index contributed by atoms with van der Waals surface area (Å²) < 4.78 is 44.5. The van der Waals surface area contributed by atoms with E-state index >= 15 is 0 Å². The van der Waals surface area contributed by atoms with Crippen LogP contribution in [0.15, 0.2) is 16.7 Å². The lowest BCUT2D eigenvalue weighted by Crippen LogP contribution is -2.29. The Balaban J connectivity index is 3.23. The average molecular weight is 326 g/mol. The molecule has 0 spiro atoms. The Morgan fingerprint density at radius 3 is 2.44 bits per heavy atom. The minimum Gasteiger partial charge on any atom is -0.381 e. The van der Waals surface area contributed by atoms with Crippen molar-refractivity contribution in [3.05, 3.63) is 28.0 Å². The minimum absolute atomic E-state index is 0.00616. The Morgan fingerprint density at radius 2 is 1.94 bits per heavy atom. The number of ether oxygens (including phenoxy) is 1. The lowest BCUT2D eigenvalue weighted by Gasteiger charge is -2.27. The molecule has 6 heteroatoms. The molecule has 1 aromatic rings. The molecule has 1 rings (SSSR count). The third kappa shape index (κ3) is 3.68. The maximum absolute atomic E-state index is 13.0. The smallest absolute Gasteiger partial charge is 0.381 e. The molecule has 0 aliphatic carbocycles. The summed E-state index contributed by atoms with van der Waals surface area (Å²) >= 11 is 3.01. The van der Waals surface area contributed by atoms with E-state index in [4.69, 9.17) is 4.74 Å². The van der Waals surface area contributed by atoms with Gasteiger partial charge in [-0.15, -0.1) is 0 Å². The minimum atomic E-state index is -4.42. The Bertz CT molecular complexity index is 418. The second-order valence-corrected chi connectivity index (χ2v) is 5.48. The predicted octanol–water partition coefficient (Wildman–Crippen LogP) is 4.18. The summed E-state index contributed by atoms with van der Waals surface area (Å²) in [6, 6.07) is 1.05. The summed E-state index contributed by atoms with van der Waals surface area (Å²) in [6.45, 7) is 5.83. The van der Waals surface area contributed by atoms with Crippen LogP contribution in [0.1, 0.15) is 32.0 Å². The van der Waals surface area contributed by atoms with Crippen LogP contribution in [-0.4, -0.2) is 18.2 Å². The molecular weight excluding hydrogens is 311 g/mol. The molecule has 0 unspecified atom stereocenters. The SMILES string of the molecule is CCOCC(C)(C)c1ncc(Br)cc1C(F)(F)F. The lowest BCUT2D eigenvalue weighted by atomic mass is 9.86. The molecular formula is C12H15BrF3NO. The lowest BCUT2D eigenvalue weighted by molar-refractivity contribution is -0.139. The largest absolute Gasteiger partial charge is 0.418 e. The van der Waals surface area contributed by atoms with Crippen LogP contribution in [0.2, 0.25) is 0 Å². The highest BCUT2D eigenvalue weighted by Gasteiger charge is 2.39. The maximum atomic E-state index is 13.0. The number of aromatic nitrogens is 1. The molecule has 2 nitrogen and oxygen atoms in total. The fourth-order valence-electron chi connectivity index (χ4n) is 1.62. The van der Waals surface area contributed by atoms with Gasteiger partial charge in [-0.3, -0.25) is 4.98 Å². The Kier molecular flexibility index (Phi) is 4.78. The van der Waals surface area contributed by atoms with Gasteiger partial charge in [0.1, 0.15) is 0 Å². The first-order valence-electron chi connectivity index (χ1n) is 5.49. The van der Waals surface area contributed by atoms with Crippen LogP contribution in [0.4, 0.5) is 13.2 Å². The number of hydrogen-bond acceptors (Lipinski definition) is 2. The van der Waals surface area contributed by atoms with Crippen LogP contribution in [0, 0.1) is 0 Å². The molecule has 0 aromatic carbocycles. The normalized spacial score (nSPS) is 12.8. The topological polar surface area (TPSA) is 22.1 Å². The fourth-order valence-corrected chi connectivity index (χ4v) is 1.95. The Hall–Kier alpha value is -0.620. The number of rotatable bonds is 4. The molecule has 0 saturated carbocycles. The predicted molar refractivity (Wildman–Crippen MR) is 66.5 cm³/mol. The van der Waals surface area contributed by atoms with E-state index in [0.717, 1.165) is 6.07 Å². The maximum Gasteiger partial charge on any atom is 0.418 e. The van der Waals surface area contributed by atoms with E-state index in [1.807, 2.05) is 0 Å². The van der Waals surface area contributed by atoms with E-state index in [9.17, 15) is 13.2 Å². The van der Waals surface area contributed by atoms with Gasteiger partial charge in [0.05, 0.1) is 17.9 Å². The second kappa shape index (κ2) is 5.57. The van der Waals surface area contributed by atoms with Gasteiger partial charge >= 0.3 is 6.18 Å². The van der Waals surface area contributed by atoms with Crippen LogP contribution in [-0.2, 0) is 16.3 Å². The fraction of sp³-hybridized carbons (Fsp3) is 0.583. The third-order valence-corrected chi connectivity index (χ3v) is 2.90. The van der Waals surface area contributed by atoms with Crippen LogP contribution in [0.5, 0.6) is 0 Å². The molecule has 0 saturated heterocycles. The zero-order chi connectivity index (χ0) is 14.0. The molecule has 0 aliphatic rings. The van der Waals surface area contributed by atoms with Gasteiger partial charge in [-0.2, -0.15) is 13.2 Å². The van der Waals surface area contributed by atoms with Gasteiger partial charge in [0.2, 0.25) is 0 Å². The highest BCUT2D eigenvalue weighted by molar-refractivity contribution is 9.10. The number of hydrogen-bond donors (Lipinski definition) is 0. The number of halogens is 4. The van der Waals surface area contributed by atoms with Crippen LogP contribution in [0.25, 0.3) is 0 Å². The van der Waals surface area contributed by atoms with Gasteiger partial charge in [0.15, 0.2) is 0 Å². The van der Waals surface area contributed by atoms with E-state index in [2.05, 4.69) is 20.9 Å². The standard InChI is InChI=1S/C12H15BrF3NO/c1-4-18-7-11(2,3)10-9(12(14,15)16)5-8(13)6-17-10/h5-6H,4,7H2,1-3H3. The molecule has 0 radical (unpaired) electrons. The molecule has 0 N–H and O–H groups in total. The van der Waals surface area contributed by atoms with Gasteiger partial charge in [0.25, 0.3) is 0 Å². The van der Waals surface area contributed by atoms with Crippen molar-refractivity contribution in [2.24, 2.45) is 0 Å². The van der Waals surface area contributed by atoms with Gasteiger partial charge in [-0.05, 0) is 28.9 Å². The Morgan fingerprint density at radius 1 is 1.33 bits per heavy atom. The number of nitrogens with zero attached hydrogens (tertiary/aromatic N) is 1. The highest BCUT2D eigenvalue weighted by Crippen LogP contribution is 2.37. The summed E-state index contributed by atoms with van der Waals surface area (Å²) in [4.78, 5) is 3.92. The molecule has 0 bridgehead atoms. The van der Waals surface area contributed by atoms with Crippen molar-refractivity contribution in [3.63, 3.8) is 0 Å². The van der Waals surface area contributed by atoms with Crippen molar-refractivity contribution in [2.45, 2.75) is 32.4 Å². The van der Waals surface area contributed by atoms with Crippen molar-refractivity contribution >= 4 is 15.9 Å². The first-order chi connectivity index (χ1) is 8.18. The zero-order valence-corrected chi connectivity index (χ0v) is 12.0. The van der Waals surface area contributed by atoms with Gasteiger partial charge < -0.3 is 4.74 Å². The highest BCUT2D eigenvalue weighted by atomic mass is 79.9. The van der Waals surface area contributed by atoms with Crippen LogP contribution < -0.4 is 0 Å². The molecule has 0 aliphatic heterocycles. The summed E-state index contributed by atoms with van der Waals surface area (Å²) in [6.07, 6.45) is -3.05.